The number of nitrogens with one attached hydrogen (secondary N) is 3. The molecule has 4 atom stereocenters. The molecule has 12 nitrogen and oxygen atoms in total. The summed E-state index contributed by atoms with van der Waals surface area (Å²) in [6.45, 7) is -0.660. The molecule has 0 fully saturated rings. The van der Waals surface area contributed by atoms with Gasteiger partial charge >= 0.3 is 5.97 Å². The number of carboxylic acid groups (broad SMARTS) is 1. The van der Waals surface area contributed by atoms with E-state index in [1.165, 1.54) is 11.8 Å². The molecule has 1 aromatic rings. The van der Waals surface area contributed by atoms with Crippen molar-refractivity contribution in [1.29, 1.82) is 0 Å². The summed E-state index contributed by atoms with van der Waals surface area (Å²) in [5.41, 5.74) is 11.3. The summed E-state index contributed by atoms with van der Waals surface area (Å²) in [6, 6.07) is 3.88. The second kappa shape index (κ2) is 15.7. The van der Waals surface area contributed by atoms with Gasteiger partial charge < -0.3 is 37.6 Å². The average molecular weight is 512 g/mol. The Balaban J connectivity index is 2.98. The van der Waals surface area contributed by atoms with Gasteiger partial charge in [-0.05, 0) is 30.4 Å². The number of rotatable bonds is 16. The summed E-state index contributed by atoms with van der Waals surface area (Å²) in [6.07, 6.45) is 1.64. The first-order valence-electron chi connectivity index (χ1n) is 10.9. The third kappa shape index (κ3) is 11.2. The first kappa shape index (κ1) is 29.9. The minimum atomic E-state index is -1.29. The van der Waals surface area contributed by atoms with Crippen LogP contribution in [0.4, 0.5) is 0 Å². The molecule has 4 unspecified atom stereocenters. The highest BCUT2D eigenvalue weighted by Crippen LogP contribution is 2.07. The highest BCUT2D eigenvalue weighted by molar-refractivity contribution is 7.98. The first-order chi connectivity index (χ1) is 16.6. The van der Waals surface area contributed by atoms with Gasteiger partial charge in [0.2, 0.25) is 23.6 Å². The number of hydrogen-bond acceptors (Lipinski definition) is 8. The largest absolute Gasteiger partial charge is 0.480 e. The number of aliphatic hydroxyl groups excluding tert-OH is 1. The molecule has 0 radical (unpaired) electrons. The fourth-order valence-corrected chi connectivity index (χ4v) is 3.49. The van der Waals surface area contributed by atoms with Crippen LogP contribution in [0.1, 0.15) is 24.8 Å². The van der Waals surface area contributed by atoms with Gasteiger partial charge in [-0.15, -0.1) is 0 Å². The van der Waals surface area contributed by atoms with Crippen LogP contribution in [0.2, 0.25) is 0 Å². The van der Waals surface area contributed by atoms with Crippen LogP contribution in [0.5, 0.6) is 0 Å². The molecule has 13 heteroatoms. The molecule has 0 saturated carbocycles. The van der Waals surface area contributed by atoms with Crippen molar-refractivity contribution in [2.75, 3.05) is 18.6 Å². The predicted molar refractivity (Wildman–Crippen MR) is 130 cm³/mol. The van der Waals surface area contributed by atoms with Crippen molar-refractivity contribution >= 4 is 41.4 Å². The fraction of sp³-hybridized carbons (Fsp3) is 0.500. The van der Waals surface area contributed by atoms with Gasteiger partial charge in [0.05, 0.1) is 6.61 Å². The summed E-state index contributed by atoms with van der Waals surface area (Å²) >= 11 is 1.42. The van der Waals surface area contributed by atoms with E-state index in [0.29, 0.717) is 11.3 Å². The van der Waals surface area contributed by atoms with Crippen LogP contribution in [0.15, 0.2) is 30.3 Å². The molecule has 1 aromatic carbocycles. The maximum absolute atomic E-state index is 12.9. The second-order valence-corrected chi connectivity index (χ2v) is 8.77. The summed E-state index contributed by atoms with van der Waals surface area (Å²) in [4.78, 5) is 60.9. The van der Waals surface area contributed by atoms with Crippen LogP contribution in [-0.4, -0.2) is 82.6 Å². The number of carbonyl (C=O) groups is 5. The van der Waals surface area contributed by atoms with E-state index >= 15 is 0 Å². The topological polar surface area (TPSA) is 214 Å². The summed E-state index contributed by atoms with van der Waals surface area (Å²) in [5.74, 6) is -3.77. The molecule has 0 spiro atoms. The van der Waals surface area contributed by atoms with E-state index in [0.717, 1.165) is 0 Å². The third-order valence-electron chi connectivity index (χ3n) is 4.99. The Hall–Kier alpha value is -3.16. The highest BCUT2D eigenvalue weighted by atomic mass is 32.2. The van der Waals surface area contributed by atoms with Crippen molar-refractivity contribution in [3.8, 4) is 0 Å². The molecule has 1 rings (SSSR count). The second-order valence-electron chi connectivity index (χ2n) is 7.79. The van der Waals surface area contributed by atoms with Crippen molar-refractivity contribution in [3.05, 3.63) is 35.9 Å². The van der Waals surface area contributed by atoms with Crippen LogP contribution in [0.3, 0.4) is 0 Å². The molecule has 35 heavy (non-hydrogen) atoms. The normalized spacial score (nSPS) is 14.1. The van der Waals surface area contributed by atoms with Crippen LogP contribution < -0.4 is 27.4 Å². The Kier molecular flexibility index (Phi) is 13.4. The molecule has 9 N–H and O–H groups in total. The van der Waals surface area contributed by atoms with Crippen molar-refractivity contribution in [3.63, 3.8) is 0 Å². The molecule has 0 aliphatic rings. The number of primary amides is 1. The van der Waals surface area contributed by atoms with E-state index in [1.54, 1.807) is 36.6 Å². The van der Waals surface area contributed by atoms with Crippen molar-refractivity contribution in [2.24, 2.45) is 11.5 Å². The third-order valence-corrected chi connectivity index (χ3v) is 5.63. The SMILES string of the molecule is CSCCC(NC(=O)C(CCC(N)=O)NC(=O)C(N)CO)C(=O)NC(Cc1ccccc1)C(=O)O. The van der Waals surface area contributed by atoms with E-state index in [2.05, 4.69) is 16.0 Å². The number of carbonyl (C=O) groups excluding carboxylic acids is 4. The molecule has 0 aliphatic carbocycles. The van der Waals surface area contributed by atoms with E-state index in [-0.39, 0.29) is 25.7 Å². The molecule has 0 bridgehead atoms. The van der Waals surface area contributed by atoms with Gasteiger partial charge in [0.1, 0.15) is 24.2 Å². The molecule has 0 aliphatic heterocycles. The molecular formula is C22H33N5O7S. The molecule has 4 amide bonds. The van der Waals surface area contributed by atoms with Gasteiger partial charge in [0.25, 0.3) is 0 Å². The highest BCUT2D eigenvalue weighted by Gasteiger charge is 2.30. The smallest absolute Gasteiger partial charge is 0.326 e. The molecular weight excluding hydrogens is 478 g/mol. The maximum atomic E-state index is 12.9. The number of carboxylic acids is 1. The quantitative estimate of drug-likeness (QED) is 0.132. The van der Waals surface area contributed by atoms with Crippen molar-refractivity contribution in [2.45, 2.75) is 49.9 Å². The first-order valence-corrected chi connectivity index (χ1v) is 12.3. The monoisotopic (exact) mass is 511 g/mol. The number of aliphatic hydroxyl groups is 1. The number of aliphatic carboxylic acids is 1. The van der Waals surface area contributed by atoms with Gasteiger partial charge in [0.15, 0.2) is 0 Å². The lowest BCUT2D eigenvalue weighted by atomic mass is 10.0. The van der Waals surface area contributed by atoms with Crippen LogP contribution in [0.25, 0.3) is 0 Å². The average Bonchev–Trinajstić information content (AvgIpc) is 2.83. The van der Waals surface area contributed by atoms with Gasteiger partial charge in [0, 0.05) is 12.8 Å². The molecule has 0 heterocycles. The Bertz CT molecular complexity index is 871. The van der Waals surface area contributed by atoms with E-state index in [9.17, 15) is 29.1 Å². The summed E-state index contributed by atoms with van der Waals surface area (Å²) < 4.78 is 0. The number of nitrogens with two attached hydrogens (primary N) is 2. The van der Waals surface area contributed by atoms with Crippen LogP contribution in [0, 0.1) is 0 Å². The predicted octanol–water partition coefficient (Wildman–Crippen LogP) is -1.89. The Morgan fingerprint density at radius 3 is 1.97 bits per heavy atom. The van der Waals surface area contributed by atoms with E-state index in [1.807, 2.05) is 0 Å². The minimum Gasteiger partial charge on any atom is -0.480 e. The zero-order chi connectivity index (χ0) is 26.4. The Labute approximate surface area is 207 Å². The lowest BCUT2D eigenvalue weighted by Crippen LogP contribution is -2.57. The summed E-state index contributed by atoms with van der Waals surface area (Å²) in [7, 11) is 0. The minimum absolute atomic E-state index is 0.0431. The zero-order valence-corrected chi connectivity index (χ0v) is 20.3. The van der Waals surface area contributed by atoms with Gasteiger partial charge in [-0.3, -0.25) is 19.2 Å². The van der Waals surface area contributed by atoms with Crippen LogP contribution >= 0.6 is 11.8 Å². The molecule has 0 aromatic heterocycles. The van der Waals surface area contributed by atoms with Gasteiger partial charge in [-0.1, -0.05) is 30.3 Å². The van der Waals surface area contributed by atoms with Gasteiger partial charge in [-0.2, -0.15) is 11.8 Å². The zero-order valence-electron chi connectivity index (χ0n) is 19.4. The van der Waals surface area contributed by atoms with E-state index < -0.39 is 60.4 Å². The number of benzene rings is 1. The fourth-order valence-electron chi connectivity index (χ4n) is 3.02. The van der Waals surface area contributed by atoms with E-state index in [4.69, 9.17) is 16.6 Å². The lowest BCUT2D eigenvalue weighted by Gasteiger charge is -2.25. The Morgan fingerprint density at radius 1 is 0.914 bits per heavy atom. The number of amides is 4. The van der Waals surface area contributed by atoms with Crippen LogP contribution in [-0.2, 0) is 30.4 Å². The molecule has 0 saturated heterocycles. The molecule has 194 valence electrons. The standard InChI is InChI=1S/C22H33N5O7S/c1-35-10-9-16(21(32)27-17(22(33)34)11-13-5-3-2-4-6-13)26-20(31)15(7-8-18(24)29)25-19(30)14(23)12-28/h2-6,14-17,28H,7-12,23H2,1H3,(H2,24,29)(H,25,30)(H,26,31)(H,27,32)(H,33,34). The van der Waals surface area contributed by atoms with Crippen molar-refractivity contribution < 1.29 is 34.2 Å². The lowest BCUT2D eigenvalue weighted by molar-refractivity contribution is -0.142. The summed E-state index contributed by atoms with van der Waals surface area (Å²) in [5, 5.41) is 26.0. The van der Waals surface area contributed by atoms with Crippen molar-refractivity contribution in [1.82, 2.24) is 16.0 Å². The number of hydrogen-bond donors (Lipinski definition) is 7. The maximum Gasteiger partial charge on any atom is 0.326 e. The Morgan fingerprint density at radius 2 is 1.46 bits per heavy atom. The number of thioether (sulfide) groups is 1. The van der Waals surface area contributed by atoms with Gasteiger partial charge in [-0.25, -0.2) is 4.79 Å².